The number of H-pyrrole nitrogens is 1. The first-order valence-corrected chi connectivity index (χ1v) is 7.40. The number of anilines is 1. The third-order valence-corrected chi connectivity index (χ3v) is 3.60. The molecule has 6 heteroatoms. The number of hydrogen-bond donors (Lipinski definition) is 3. The normalized spacial score (nSPS) is 10.5. The number of halogens is 1. The molecule has 2 amide bonds. The molecule has 1 aromatic heterocycles. The molecule has 2 aromatic carbocycles. The van der Waals surface area contributed by atoms with E-state index >= 15 is 0 Å². The predicted octanol–water partition coefficient (Wildman–Crippen LogP) is 3.08. The van der Waals surface area contributed by atoms with Crippen molar-refractivity contribution in [2.45, 2.75) is 6.54 Å². The highest BCUT2D eigenvalue weighted by Crippen LogP contribution is 2.17. The molecule has 5 nitrogen and oxygen atoms in total. The lowest BCUT2D eigenvalue weighted by atomic mass is 10.2. The van der Waals surface area contributed by atoms with Crippen LogP contribution in [0.1, 0.15) is 5.56 Å². The Hall–Kier alpha value is -2.79. The molecule has 3 aromatic rings. The zero-order chi connectivity index (χ0) is 16.2. The molecule has 0 aliphatic heterocycles. The highest BCUT2D eigenvalue weighted by Gasteiger charge is 2.13. The minimum Gasteiger partial charge on any atom is -0.361 e. The lowest BCUT2D eigenvalue weighted by Gasteiger charge is -2.07. The fourth-order valence-electron chi connectivity index (χ4n) is 2.22. The maximum absolute atomic E-state index is 11.9. The fourth-order valence-corrected chi connectivity index (χ4v) is 2.44. The van der Waals surface area contributed by atoms with Crippen LogP contribution >= 0.6 is 11.6 Å². The molecule has 0 saturated heterocycles. The van der Waals surface area contributed by atoms with Gasteiger partial charge in [0, 0.05) is 29.0 Å². The van der Waals surface area contributed by atoms with Crippen LogP contribution in [0.4, 0.5) is 5.69 Å². The number of aromatic nitrogens is 1. The number of aromatic amines is 1. The lowest BCUT2D eigenvalue weighted by Crippen LogP contribution is -2.34. The van der Waals surface area contributed by atoms with Crippen LogP contribution in [0, 0.1) is 0 Å². The summed E-state index contributed by atoms with van der Waals surface area (Å²) in [6.07, 6.45) is 1.81. The molecule has 0 saturated carbocycles. The zero-order valence-corrected chi connectivity index (χ0v) is 12.9. The van der Waals surface area contributed by atoms with Crippen LogP contribution in [0.2, 0.25) is 5.02 Å². The molecular weight excluding hydrogens is 314 g/mol. The fraction of sp³-hybridized carbons (Fsp3) is 0.0588. The van der Waals surface area contributed by atoms with Crippen LogP contribution < -0.4 is 10.6 Å². The van der Waals surface area contributed by atoms with Crippen molar-refractivity contribution in [1.29, 1.82) is 0 Å². The number of amides is 2. The van der Waals surface area contributed by atoms with E-state index in [-0.39, 0.29) is 6.54 Å². The molecular formula is C17H14ClN3O2. The standard InChI is InChI=1S/C17H14ClN3O2/c18-13-3-1-2-11(8-13)10-20-16(22)17(23)21-14-5-4-12-6-7-19-15(12)9-14/h1-9,19H,10H2,(H,20,22)(H,21,23). The Morgan fingerprint density at radius 2 is 1.91 bits per heavy atom. The Kier molecular flexibility index (Phi) is 4.30. The number of rotatable bonds is 3. The monoisotopic (exact) mass is 327 g/mol. The Labute approximate surface area is 137 Å². The van der Waals surface area contributed by atoms with Gasteiger partial charge in [-0.25, -0.2) is 0 Å². The van der Waals surface area contributed by atoms with E-state index in [1.54, 1.807) is 30.3 Å². The van der Waals surface area contributed by atoms with Crippen LogP contribution in [0.5, 0.6) is 0 Å². The number of fused-ring (bicyclic) bond motifs is 1. The van der Waals surface area contributed by atoms with E-state index in [9.17, 15) is 9.59 Å². The van der Waals surface area contributed by atoms with Crippen molar-refractivity contribution < 1.29 is 9.59 Å². The molecule has 0 fully saturated rings. The molecule has 0 atom stereocenters. The average Bonchev–Trinajstić information content (AvgIpc) is 3.00. The van der Waals surface area contributed by atoms with Gasteiger partial charge in [0.25, 0.3) is 0 Å². The van der Waals surface area contributed by atoms with Crippen molar-refractivity contribution >= 4 is 40.0 Å². The summed E-state index contributed by atoms with van der Waals surface area (Å²) in [7, 11) is 0. The third kappa shape index (κ3) is 3.70. The van der Waals surface area contributed by atoms with Crippen LogP contribution in [0.3, 0.4) is 0 Å². The van der Waals surface area contributed by atoms with Gasteiger partial charge in [0.2, 0.25) is 0 Å². The lowest BCUT2D eigenvalue weighted by molar-refractivity contribution is -0.136. The van der Waals surface area contributed by atoms with Gasteiger partial charge >= 0.3 is 11.8 Å². The Bertz CT molecular complexity index is 873. The molecule has 3 rings (SSSR count). The quantitative estimate of drug-likeness (QED) is 0.647. The van der Waals surface area contributed by atoms with Gasteiger partial charge in [0.05, 0.1) is 0 Å². The molecule has 0 spiro atoms. The number of carbonyl (C=O) groups is 2. The number of benzene rings is 2. The highest BCUT2D eigenvalue weighted by molar-refractivity contribution is 6.39. The summed E-state index contributed by atoms with van der Waals surface area (Å²) in [5.74, 6) is -1.41. The molecule has 0 radical (unpaired) electrons. The Morgan fingerprint density at radius 1 is 1.04 bits per heavy atom. The number of carbonyl (C=O) groups excluding carboxylic acids is 2. The third-order valence-electron chi connectivity index (χ3n) is 3.36. The van der Waals surface area contributed by atoms with Gasteiger partial charge < -0.3 is 15.6 Å². The van der Waals surface area contributed by atoms with Crippen LogP contribution in [-0.2, 0) is 16.1 Å². The summed E-state index contributed by atoms with van der Waals surface area (Å²) >= 11 is 5.87. The van der Waals surface area contributed by atoms with E-state index < -0.39 is 11.8 Å². The molecule has 0 aliphatic carbocycles. The van der Waals surface area contributed by atoms with Gasteiger partial charge in [-0.05, 0) is 41.3 Å². The SMILES string of the molecule is O=C(NCc1cccc(Cl)c1)C(=O)Nc1ccc2cc[nH]c2c1. The van der Waals surface area contributed by atoms with Gasteiger partial charge in [-0.3, -0.25) is 9.59 Å². The molecule has 0 aliphatic rings. The van der Waals surface area contributed by atoms with Gasteiger partial charge in [-0.15, -0.1) is 0 Å². The first-order chi connectivity index (χ1) is 11.1. The van der Waals surface area contributed by atoms with Crippen molar-refractivity contribution in [3.63, 3.8) is 0 Å². The maximum Gasteiger partial charge on any atom is 0.313 e. The van der Waals surface area contributed by atoms with E-state index in [4.69, 9.17) is 11.6 Å². The van der Waals surface area contributed by atoms with Crippen molar-refractivity contribution in [2.24, 2.45) is 0 Å². The van der Waals surface area contributed by atoms with Gasteiger partial charge in [0.15, 0.2) is 0 Å². The minimum absolute atomic E-state index is 0.239. The second-order valence-corrected chi connectivity index (χ2v) is 5.48. The Morgan fingerprint density at radius 3 is 2.74 bits per heavy atom. The van der Waals surface area contributed by atoms with E-state index in [1.165, 1.54) is 0 Å². The predicted molar refractivity (Wildman–Crippen MR) is 90.2 cm³/mol. The van der Waals surface area contributed by atoms with Crippen LogP contribution in [0.15, 0.2) is 54.7 Å². The molecule has 1 heterocycles. The second kappa shape index (κ2) is 6.54. The zero-order valence-electron chi connectivity index (χ0n) is 12.1. The molecule has 116 valence electrons. The summed E-state index contributed by atoms with van der Waals surface area (Å²) in [5, 5.41) is 6.75. The Balaban J connectivity index is 1.59. The van der Waals surface area contributed by atoms with E-state index in [2.05, 4.69) is 15.6 Å². The summed E-state index contributed by atoms with van der Waals surface area (Å²) in [6, 6.07) is 14.4. The van der Waals surface area contributed by atoms with Gasteiger partial charge in [-0.1, -0.05) is 29.8 Å². The van der Waals surface area contributed by atoms with Crippen molar-refractivity contribution in [3.05, 3.63) is 65.3 Å². The second-order valence-electron chi connectivity index (χ2n) is 5.05. The average molecular weight is 328 g/mol. The summed E-state index contributed by atoms with van der Waals surface area (Å²) in [5.41, 5.74) is 2.27. The molecule has 0 unspecified atom stereocenters. The first kappa shape index (κ1) is 15.1. The first-order valence-electron chi connectivity index (χ1n) is 7.02. The van der Waals surface area contributed by atoms with E-state index in [0.29, 0.717) is 10.7 Å². The largest absolute Gasteiger partial charge is 0.361 e. The summed E-state index contributed by atoms with van der Waals surface area (Å²) in [4.78, 5) is 26.8. The number of hydrogen-bond acceptors (Lipinski definition) is 2. The maximum atomic E-state index is 11.9. The van der Waals surface area contributed by atoms with Crippen LogP contribution in [-0.4, -0.2) is 16.8 Å². The van der Waals surface area contributed by atoms with E-state index in [1.807, 2.05) is 24.4 Å². The topological polar surface area (TPSA) is 74.0 Å². The molecule has 0 bridgehead atoms. The summed E-state index contributed by atoms with van der Waals surface area (Å²) < 4.78 is 0. The molecule has 23 heavy (non-hydrogen) atoms. The van der Waals surface area contributed by atoms with Crippen molar-refractivity contribution in [1.82, 2.24) is 10.3 Å². The summed E-state index contributed by atoms with van der Waals surface area (Å²) in [6.45, 7) is 0.239. The minimum atomic E-state index is -0.710. The van der Waals surface area contributed by atoms with Gasteiger partial charge in [0.1, 0.15) is 0 Å². The van der Waals surface area contributed by atoms with Crippen molar-refractivity contribution in [2.75, 3.05) is 5.32 Å². The van der Waals surface area contributed by atoms with Gasteiger partial charge in [-0.2, -0.15) is 0 Å². The van der Waals surface area contributed by atoms with E-state index in [0.717, 1.165) is 16.5 Å². The highest BCUT2D eigenvalue weighted by atomic mass is 35.5. The molecule has 3 N–H and O–H groups in total. The number of nitrogens with one attached hydrogen (secondary N) is 3. The van der Waals surface area contributed by atoms with Crippen LogP contribution in [0.25, 0.3) is 10.9 Å². The smallest absolute Gasteiger partial charge is 0.313 e. The van der Waals surface area contributed by atoms with Crippen molar-refractivity contribution in [3.8, 4) is 0 Å².